The first-order valence-electron chi connectivity index (χ1n) is 11.6. The minimum atomic E-state index is -3.50. The molecule has 1 atom stereocenters. The van der Waals surface area contributed by atoms with Gasteiger partial charge in [0.25, 0.3) is 0 Å². The molecule has 1 aliphatic carbocycles. The van der Waals surface area contributed by atoms with Crippen molar-refractivity contribution >= 4 is 15.7 Å². The number of anilines is 1. The third-order valence-corrected chi connectivity index (χ3v) is 6.92. The van der Waals surface area contributed by atoms with Gasteiger partial charge in [-0.1, -0.05) is 67.6 Å². The second-order valence-corrected chi connectivity index (χ2v) is 10.8. The summed E-state index contributed by atoms with van der Waals surface area (Å²) in [4.78, 5) is 0. The Morgan fingerprint density at radius 3 is 2.24 bits per heavy atom. The summed E-state index contributed by atoms with van der Waals surface area (Å²) in [6.07, 6.45) is 3.34. The van der Waals surface area contributed by atoms with E-state index in [1.54, 1.807) is 12.1 Å². The first-order chi connectivity index (χ1) is 16.3. The van der Waals surface area contributed by atoms with Crippen molar-refractivity contribution in [2.45, 2.75) is 51.0 Å². The Labute approximate surface area is 202 Å². The SMILES string of the molecule is CCC1(NC(O)Cc2ccc(OCc3ccccc3)c(NS(C)(=O)=O)c2)Cc2ccccc2C1. The molecular formula is C27H32N2O4S. The lowest BCUT2D eigenvalue weighted by Crippen LogP contribution is -2.51. The molecule has 1 unspecified atom stereocenters. The molecule has 0 bridgehead atoms. The maximum Gasteiger partial charge on any atom is 0.229 e. The zero-order valence-electron chi connectivity index (χ0n) is 19.6. The minimum Gasteiger partial charge on any atom is -0.487 e. The second kappa shape index (κ2) is 10.2. The van der Waals surface area contributed by atoms with Gasteiger partial charge in [0.05, 0.1) is 11.9 Å². The molecule has 0 spiro atoms. The number of sulfonamides is 1. The van der Waals surface area contributed by atoms with Crippen LogP contribution in [0.5, 0.6) is 5.75 Å². The van der Waals surface area contributed by atoms with Crippen molar-refractivity contribution in [3.05, 3.63) is 95.1 Å². The topological polar surface area (TPSA) is 87.7 Å². The Bertz CT molecular complexity index is 1200. The Hall–Kier alpha value is -2.87. The lowest BCUT2D eigenvalue weighted by atomic mass is 9.91. The van der Waals surface area contributed by atoms with Gasteiger partial charge in [0.15, 0.2) is 0 Å². The van der Waals surface area contributed by atoms with Gasteiger partial charge in [-0.3, -0.25) is 10.0 Å². The number of hydrogen-bond donors (Lipinski definition) is 3. The van der Waals surface area contributed by atoms with Crippen LogP contribution in [0.3, 0.4) is 0 Å². The van der Waals surface area contributed by atoms with Crippen molar-refractivity contribution in [1.29, 1.82) is 0 Å². The minimum absolute atomic E-state index is 0.185. The molecule has 0 saturated heterocycles. The Morgan fingerprint density at radius 1 is 0.971 bits per heavy atom. The summed E-state index contributed by atoms with van der Waals surface area (Å²) < 4.78 is 32.4. The molecule has 4 rings (SSSR count). The predicted octanol–water partition coefficient (Wildman–Crippen LogP) is 4.04. The fourth-order valence-electron chi connectivity index (χ4n) is 4.62. The third-order valence-electron chi connectivity index (χ3n) is 6.33. The summed E-state index contributed by atoms with van der Waals surface area (Å²) >= 11 is 0. The van der Waals surface area contributed by atoms with Crippen molar-refractivity contribution in [1.82, 2.24) is 5.32 Å². The molecule has 7 heteroatoms. The molecule has 0 heterocycles. The van der Waals surface area contributed by atoms with E-state index in [9.17, 15) is 13.5 Å². The average molecular weight is 481 g/mol. The molecule has 1 aliphatic rings. The van der Waals surface area contributed by atoms with Crippen LogP contribution >= 0.6 is 0 Å². The molecule has 0 saturated carbocycles. The third kappa shape index (κ3) is 6.17. The van der Waals surface area contributed by atoms with Crippen molar-refractivity contribution in [2.24, 2.45) is 0 Å². The van der Waals surface area contributed by atoms with Crippen molar-refractivity contribution in [3.8, 4) is 5.75 Å². The van der Waals surface area contributed by atoms with Crippen LogP contribution < -0.4 is 14.8 Å². The van der Waals surface area contributed by atoms with E-state index < -0.39 is 16.3 Å². The van der Waals surface area contributed by atoms with E-state index in [1.807, 2.05) is 36.4 Å². The second-order valence-electron chi connectivity index (χ2n) is 9.10. The van der Waals surface area contributed by atoms with Crippen LogP contribution in [-0.4, -0.2) is 31.5 Å². The van der Waals surface area contributed by atoms with E-state index in [-0.39, 0.29) is 5.54 Å². The summed E-state index contributed by atoms with van der Waals surface area (Å²) in [6, 6.07) is 23.4. The van der Waals surface area contributed by atoms with E-state index in [0.29, 0.717) is 24.5 Å². The summed E-state index contributed by atoms with van der Waals surface area (Å²) in [5.41, 5.74) is 4.61. The van der Waals surface area contributed by atoms with Crippen molar-refractivity contribution in [3.63, 3.8) is 0 Å². The lowest BCUT2D eigenvalue weighted by molar-refractivity contribution is 0.0908. The zero-order valence-corrected chi connectivity index (χ0v) is 20.4. The van der Waals surface area contributed by atoms with Gasteiger partial charge in [-0.25, -0.2) is 8.42 Å². The largest absolute Gasteiger partial charge is 0.487 e. The van der Waals surface area contributed by atoms with Crippen LogP contribution in [-0.2, 0) is 35.9 Å². The Kier molecular flexibility index (Phi) is 7.26. The van der Waals surface area contributed by atoms with E-state index in [2.05, 4.69) is 41.2 Å². The summed E-state index contributed by atoms with van der Waals surface area (Å²) in [6.45, 7) is 2.46. The molecule has 0 amide bonds. The Balaban J connectivity index is 1.47. The number of nitrogens with one attached hydrogen (secondary N) is 2. The quantitative estimate of drug-likeness (QED) is 0.381. The van der Waals surface area contributed by atoms with Gasteiger partial charge in [0, 0.05) is 12.0 Å². The maximum atomic E-state index is 12.0. The van der Waals surface area contributed by atoms with Crippen LogP contribution in [0.2, 0.25) is 0 Å². The molecule has 34 heavy (non-hydrogen) atoms. The van der Waals surface area contributed by atoms with Gasteiger partial charge in [-0.05, 0) is 53.6 Å². The first-order valence-corrected chi connectivity index (χ1v) is 13.4. The normalized spacial score (nSPS) is 15.5. The van der Waals surface area contributed by atoms with Gasteiger partial charge in [-0.2, -0.15) is 0 Å². The number of ether oxygens (including phenoxy) is 1. The van der Waals surface area contributed by atoms with Gasteiger partial charge < -0.3 is 9.84 Å². The molecule has 3 aromatic rings. The van der Waals surface area contributed by atoms with Crippen LogP contribution in [0.15, 0.2) is 72.8 Å². The van der Waals surface area contributed by atoms with E-state index in [0.717, 1.165) is 36.6 Å². The first kappa shape index (κ1) is 24.3. The lowest BCUT2D eigenvalue weighted by Gasteiger charge is -2.32. The molecule has 0 aromatic heterocycles. The highest BCUT2D eigenvalue weighted by Crippen LogP contribution is 2.33. The van der Waals surface area contributed by atoms with Crippen LogP contribution in [0.1, 0.15) is 35.6 Å². The van der Waals surface area contributed by atoms with Crippen LogP contribution in [0.4, 0.5) is 5.69 Å². The van der Waals surface area contributed by atoms with E-state index in [4.69, 9.17) is 4.74 Å². The average Bonchev–Trinajstić information content (AvgIpc) is 3.16. The molecule has 180 valence electrons. The highest BCUT2D eigenvalue weighted by Gasteiger charge is 2.36. The number of benzene rings is 3. The summed E-state index contributed by atoms with van der Waals surface area (Å²) in [5.74, 6) is 0.441. The number of aliphatic hydroxyl groups excluding tert-OH is 1. The fraction of sp³-hybridized carbons (Fsp3) is 0.333. The molecule has 0 fully saturated rings. The number of rotatable bonds is 10. The summed E-state index contributed by atoms with van der Waals surface area (Å²) in [7, 11) is -3.50. The van der Waals surface area contributed by atoms with E-state index >= 15 is 0 Å². The highest BCUT2D eigenvalue weighted by atomic mass is 32.2. The van der Waals surface area contributed by atoms with Gasteiger partial charge in [-0.15, -0.1) is 0 Å². The van der Waals surface area contributed by atoms with Gasteiger partial charge in [0.2, 0.25) is 10.0 Å². The fourth-order valence-corrected chi connectivity index (χ4v) is 5.18. The molecule has 3 aromatic carbocycles. The monoisotopic (exact) mass is 480 g/mol. The highest BCUT2D eigenvalue weighted by molar-refractivity contribution is 7.92. The van der Waals surface area contributed by atoms with Crippen LogP contribution in [0, 0.1) is 0 Å². The molecule has 0 radical (unpaired) electrons. The zero-order chi connectivity index (χ0) is 24.2. The summed E-state index contributed by atoms with van der Waals surface area (Å²) in [5, 5.41) is 14.4. The molecular weight excluding hydrogens is 448 g/mol. The van der Waals surface area contributed by atoms with Crippen LogP contribution in [0.25, 0.3) is 0 Å². The molecule has 6 nitrogen and oxygen atoms in total. The standard InChI is InChI=1S/C27H32N2O4S/c1-3-27(17-22-11-7-8-12-23(22)18-27)28-26(30)16-21-13-14-25(24(15-21)29-34(2,31)32)33-19-20-9-5-4-6-10-20/h4-15,26,28-30H,3,16-19H2,1-2H3. The molecule has 3 N–H and O–H groups in total. The van der Waals surface area contributed by atoms with Gasteiger partial charge in [0.1, 0.15) is 18.6 Å². The smallest absolute Gasteiger partial charge is 0.229 e. The van der Waals surface area contributed by atoms with E-state index in [1.165, 1.54) is 11.1 Å². The van der Waals surface area contributed by atoms with Gasteiger partial charge >= 0.3 is 0 Å². The predicted molar refractivity (Wildman–Crippen MR) is 135 cm³/mol. The number of fused-ring (bicyclic) bond motifs is 1. The number of aliphatic hydroxyl groups is 1. The maximum absolute atomic E-state index is 12.0. The molecule has 0 aliphatic heterocycles. The Morgan fingerprint density at radius 2 is 1.62 bits per heavy atom. The van der Waals surface area contributed by atoms with Crippen molar-refractivity contribution < 1.29 is 18.3 Å². The number of hydrogen-bond acceptors (Lipinski definition) is 5. The van der Waals surface area contributed by atoms with Crippen molar-refractivity contribution in [2.75, 3.05) is 11.0 Å².